The molecular formula is C21H21ClFN3O5S. The summed E-state index contributed by atoms with van der Waals surface area (Å²) < 4.78 is 46.3. The van der Waals surface area contributed by atoms with Gasteiger partial charge >= 0.3 is 0 Å². The first-order chi connectivity index (χ1) is 15.3. The van der Waals surface area contributed by atoms with E-state index in [1.807, 2.05) is 0 Å². The lowest BCUT2D eigenvalue weighted by Gasteiger charge is -2.26. The third kappa shape index (κ3) is 4.63. The number of hydrogen-bond acceptors (Lipinski definition) is 5. The SMILES string of the molecule is O=C(Nc1ccc(F)c(S(=O)(=O)N2CCOCC2)c1)C1CC(=O)N(c2ccc(Cl)cc2)C1. The van der Waals surface area contributed by atoms with Crippen LogP contribution >= 0.6 is 11.6 Å². The Morgan fingerprint density at radius 3 is 2.50 bits per heavy atom. The zero-order valence-electron chi connectivity index (χ0n) is 17.0. The van der Waals surface area contributed by atoms with Crippen LogP contribution in [-0.4, -0.2) is 57.4 Å². The molecule has 2 aromatic rings. The van der Waals surface area contributed by atoms with E-state index in [1.165, 1.54) is 11.0 Å². The number of rotatable bonds is 5. The molecule has 2 aliphatic heterocycles. The molecule has 11 heteroatoms. The predicted molar refractivity (Wildman–Crippen MR) is 117 cm³/mol. The lowest BCUT2D eigenvalue weighted by Crippen LogP contribution is -2.40. The minimum Gasteiger partial charge on any atom is -0.379 e. The topological polar surface area (TPSA) is 96.0 Å². The largest absolute Gasteiger partial charge is 0.379 e. The normalized spacial score (nSPS) is 19.9. The Hall–Kier alpha value is -2.53. The highest BCUT2D eigenvalue weighted by Gasteiger charge is 2.35. The summed E-state index contributed by atoms with van der Waals surface area (Å²) in [6, 6.07) is 10.1. The van der Waals surface area contributed by atoms with Gasteiger partial charge in [-0.05, 0) is 42.5 Å². The zero-order valence-corrected chi connectivity index (χ0v) is 18.5. The van der Waals surface area contributed by atoms with E-state index in [-0.39, 0.29) is 50.9 Å². The van der Waals surface area contributed by atoms with Gasteiger partial charge in [0.05, 0.1) is 19.1 Å². The maximum atomic E-state index is 14.4. The van der Waals surface area contributed by atoms with E-state index in [9.17, 15) is 22.4 Å². The van der Waals surface area contributed by atoms with Crippen molar-refractivity contribution in [3.8, 4) is 0 Å². The second kappa shape index (κ2) is 9.14. The van der Waals surface area contributed by atoms with E-state index in [1.54, 1.807) is 24.3 Å². The number of carbonyl (C=O) groups excluding carboxylic acids is 2. The number of nitrogens with zero attached hydrogens (tertiary/aromatic N) is 2. The van der Waals surface area contributed by atoms with Crippen LogP contribution in [-0.2, 0) is 24.3 Å². The van der Waals surface area contributed by atoms with E-state index < -0.39 is 32.6 Å². The molecule has 1 unspecified atom stereocenters. The molecule has 0 spiro atoms. The van der Waals surface area contributed by atoms with Crippen LogP contribution in [0.3, 0.4) is 0 Å². The summed E-state index contributed by atoms with van der Waals surface area (Å²) in [7, 11) is -4.07. The molecule has 2 amide bonds. The Bertz CT molecular complexity index is 1140. The van der Waals surface area contributed by atoms with Gasteiger partial charge in [-0.15, -0.1) is 0 Å². The highest BCUT2D eigenvalue weighted by atomic mass is 35.5. The van der Waals surface area contributed by atoms with Crippen molar-refractivity contribution in [1.82, 2.24) is 4.31 Å². The minimum atomic E-state index is -4.07. The molecule has 0 aliphatic carbocycles. The first-order valence-corrected chi connectivity index (χ1v) is 11.8. The Labute approximate surface area is 189 Å². The summed E-state index contributed by atoms with van der Waals surface area (Å²) in [5.41, 5.74) is 0.774. The van der Waals surface area contributed by atoms with Gasteiger partial charge in [0.25, 0.3) is 0 Å². The summed E-state index contributed by atoms with van der Waals surface area (Å²) in [6.07, 6.45) is 0.00852. The summed E-state index contributed by atoms with van der Waals surface area (Å²) in [5, 5.41) is 3.15. The van der Waals surface area contributed by atoms with Gasteiger partial charge in [-0.25, -0.2) is 12.8 Å². The number of nitrogens with one attached hydrogen (secondary N) is 1. The van der Waals surface area contributed by atoms with Gasteiger partial charge in [-0.1, -0.05) is 11.6 Å². The quantitative estimate of drug-likeness (QED) is 0.707. The number of ether oxygens (including phenoxy) is 1. The molecule has 2 saturated heterocycles. The predicted octanol–water partition coefficient (Wildman–Crippen LogP) is 2.49. The number of anilines is 2. The zero-order chi connectivity index (χ0) is 22.9. The fourth-order valence-electron chi connectivity index (χ4n) is 3.70. The van der Waals surface area contributed by atoms with Crippen molar-refractivity contribution < 1.29 is 27.1 Å². The molecule has 1 atom stereocenters. The van der Waals surface area contributed by atoms with Crippen molar-refractivity contribution in [2.45, 2.75) is 11.3 Å². The van der Waals surface area contributed by atoms with E-state index in [0.29, 0.717) is 10.7 Å². The van der Waals surface area contributed by atoms with Crippen molar-refractivity contribution in [2.24, 2.45) is 5.92 Å². The first kappa shape index (κ1) is 22.7. The summed E-state index contributed by atoms with van der Waals surface area (Å²) in [6.45, 7) is 0.896. The standard InChI is InChI=1S/C21H21ClFN3O5S/c22-15-1-4-17(5-2-15)26-13-14(11-20(26)27)21(28)24-16-3-6-18(23)19(12-16)32(29,30)25-7-9-31-10-8-25/h1-6,12,14H,7-11,13H2,(H,24,28). The molecule has 2 heterocycles. The fraction of sp³-hybridized carbons (Fsp3) is 0.333. The van der Waals surface area contributed by atoms with Crippen LogP contribution in [0.15, 0.2) is 47.4 Å². The van der Waals surface area contributed by atoms with Gasteiger partial charge in [0.1, 0.15) is 10.7 Å². The molecule has 0 saturated carbocycles. The van der Waals surface area contributed by atoms with Crippen LogP contribution in [0, 0.1) is 11.7 Å². The molecule has 1 N–H and O–H groups in total. The maximum absolute atomic E-state index is 14.4. The first-order valence-electron chi connectivity index (χ1n) is 10.00. The lowest BCUT2D eigenvalue weighted by atomic mass is 10.1. The van der Waals surface area contributed by atoms with Gasteiger partial charge in [-0.2, -0.15) is 4.31 Å². The molecule has 170 valence electrons. The number of amides is 2. The Morgan fingerprint density at radius 2 is 1.81 bits per heavy atom. The highest BCUT2D eigenvalue weighted by Crippen LogP contribution is 2.28. The van der Waals surface area contributed by atoms with Crippen molar-refractivity contribution in [3.63, 3.8) is 0 Å². The number of benzene rings is 2. The van der Waals surface area contributed by atoms with Gasteiger partial charge in [0.2, 0.25) is 21.8 Å². The highest BCUT2D eigenvalue weighted by molar-refractivity contribution is 7.89. The number of carbonyl (C=O) groups is 2. The molecule has 2 aromatic carbocycles. The van der Waals surface area contributed by atoms with Crippen molar-refractivity contribution >= 4 is 44.8 Å². The number of hydrogen-bond donors (Lipinski definition) is 1. The second-order valence-electron chi connectivity index (χ2n) is 7.53. The fourth-order valence-corrected chi connectivity index (χ4v) is 5.33. The minimum absolute atomic E-state index is 0.00852. The third-order valence-electron chi connectivity index (χ3n) is 5.42. The molecule has 32 heavy (non-hydrogen) atoms. The van der Waals surface area contributed by atoms with Gasteiger partial charge < -0.3 is 15.0 Å². The smallest absolute Gasteiger partial charge is 0.246 e. The van der Waals surface area contributed by atoms with Crippen LogP contribution in [0.2, 0.25) is 5.02 Å². The van der Waals surface area contributed by atoms with Gasteiger partial charge in [-0.3, -0.25) is 9.59 Å². The number of sulfonamides is 1. The molecule has 2 fully saturated rings. The summed E-state index contributed by atoms with van der Waals surface area (Å²) in [5.74, 6) is -2.19. The van der Waals surface area contributed by atoms with Crippen LogP contribution in [0.5, 0.6) is 0 Å². The van der Waals surface area contributed by atoms with Crippen LogP contribution < -0.4 is 10.2 Å². The van der Waals surface area contributed by atoms with Crippen LogP contribution in [0.1, 0.15) is 6.42 Å². The average molecular weight is 482 g/mol. The Kier molecular flexibility index (Phi) is 6.47. The molecule has 2 aliphatic rings. The number of halogens is 2. The van der Waals surface area contributed by atoms with E-state index >= 15 is 0 Å². The van der Waals surface area contributed by atoms with Crippen LogP contribution in [0.4, 0.5) is 15.8 Å². The van der Waals surface area contributed by atoms with Crippen molar-refractivity contribution in [2.75, 3.05) is 43.1 Å². The number of morpholine rings is 1. The molecule has 8 nitrogen and oxygen atoms in total. The molecular weight excluding hydrogens is 461 g/mol. The molecule has 4 rings (SSSR count). The Morgan fingerprint density at radius 1 is 1.12 bits per heavy atom. The monoisotopic (exact) mass is 481 g/mol. The van der Waals surface area contributed by atoms with Gasteiger partial charge in [0, 0.05) is 42.5 Å². The average Bonchev–Trinajstić information content (AvgIpc) is 3.18. The molecule has 0 radical (unpaired) electrons. The van der Waals surface area contributed by atoms with Gasteiger partial charge in [0.15, 0.2) is 0 Å². The second-order valence-corrected chi connectivity index (χ2v) is 9.88. The van der Waals surface area contributed by atoms with Crippen molar-refractivity contribution in [1.29, 1.82) is 0 Å². The van der Waals surface area contributed by atoms with E-state index in [4.69, 9.17) is 16.3 Å². The Balaban J connectivity index is 1.48. The van der Waals surface area contributed by atoms with E-state index in [2.05, 4.69) is 5.32 Å². The lowest BCUT2D eigenvalue weighted by molar-refractivity contribution is -0.122. The van der Waals surface area contributed by atoms with Crippen molar-refractivity contribution in [3.05, 3.63) is 53.3 Å². The summed E-state index contributed by atoms with van der Waals surface area (Å²) in [4.78, 5) is 26.1. The summed E-state index contributed by atoms with van der Waals surface area (Å²) >= 11 is 5.88. The molecule has 0 bridgehead atoms. The van der Waals surface area contributed by atoms with Crippen LogP contribution in [0.25, 0.3) is 0 Å². The van der Waals surface area contributed by atoms with E-state index in [0.717, 1.165) is 16.4 Å². The molecule has 0 aromatic heterocycles. The maximum Gasteiger partial charge on any atom is 0.246 e. The third-order valence-corrected chi connectivity index (χ3v) is 7.59.